The second kappa shape index (κ2) is 10.4. The summed E-state index contributed by atoms with van der Waals surface area (Å²) in [6.45, 7) is 8.07. The molecule has 108 valence electrons. The van der Waals surface area contributed by atoms with Gasteiger partial charge in [-0.1, -0.05) is 41.9 Å². The molecular formula is C15H30INO. The van der Waals surface area contributed by atoms with Crippen LogP contribution in [-0.2, 0) is 4.74 Å². The van der Waals surface area contributed by atoms with E-state index < -0.39 is 0 Å². The number of nitrogens with zero attached hydrogens (tertiary/aromatic N) is 1. The Kier molecular flexibility index (Phi) is 9.69. The van der Waals surface area contributed by atoms with E-state index in [1.165, 1.54) is 69.0 Å². The largest absolute Gasteiger partial charge is 0.375 e. The summed E-state index contributed by atoms with van der Waals surface area (Å²) >= 11 is 2.47. The van der Waals surface area contributed by atoms with Gasteiger partial charge < -0.3 is 9.64 Å². The van der Waals surface area contributed by atoms with E-state index in [1.54, 1.807) is 0 Å². The Morgan fingerprint density at radius 1 is 1.06 bits per heavy atom. The summed E-state index contributed by atoms with van der Waals surface area (Å²) in [6.07, 6.45) is 10.4. The molecule has 18 heavy (non-hydrogen) atoms. The van der Waals surface area contributed by atoms with E-state index in [2.05, 4.69) is 41.3 Å². The lowest BCUT2D eigenvalue weighted by atomic mass is 10.1. The fourth-order valence-electron chi connectivity index (χ4n) is 2.61. The first-order chi connectivity index (χ1) is 8.72. The number of alkyl halides is 1. The number of halogens is 1. The van der Waals surface area contributed by atoms with E-state index in [-0.39, 0.29) is 0 Å². The summed E-state index contributed by atoms with van der Waals surface area (Å²) in [5.74, 6) is 0. The molecule has 1 heterocycles. The van der Waals surface area contributed by atoms with Crippen molar-refractivity contribution >= 4 is 22.6 Å². The van der Waals surface area contributed by atoms with Gasteiger partial charge in [0.05, 0.1) is 12.2 Å². The average molecular weight is 367 g/mol. The first-order valence-corrected chi connectivity index (χ1v) is 9.18. The second-order valence-electron chi connectivity index (χ2n) is 5.68. The zero-order chi connectivity index (χ0) is 13.2. The van der Waals surface area contributed by atoms with Gasteiger partial charge in [-0.2, -0.15) is 0 Å². The van der Waals surface area contributed by atoms with Gasteiger partial charge in [0, 0.05) is 13.1 Å². The van der Waals surface area contributed by atoms with Crippen LogP contribution in [0.25, 0.3) is 0 Å². The van der Waals surface area contributed by atoms with Gasteiger partial charge in [0.25, 0.3) is 0 Å². The highest BCUT2D eigenvalue weighted by Gasteiger charge is 2.19. The Hall–Kier alpha value is 0.650. The predicted molar refractivity (Wildman–Crippen MR) is 87.7 cm³/mol. The van der Waals surface area contributed by atoms with Crippen molar-refractivity contribution in [3.8, 4) is 0 Å². The summed E-state index contributed by atoms with van der Waals surface area (Å²) < 4.78 is 7.20. The van der Waals surface area contributed by atoms with Crippen molar-refractivity contribution < 1.29 is 4.74 Å². The monoisotopic (exact) mass is 367 g/mol. The predicted octanol–water partition coefficient (Wildman–Crippen LogP) is 4.26. The standard InChI is InChI=1S/C15H30INO/c1-14(2)18-15-8-12-17(13-9-15)11-7-5-3-4-6-10-16/h14-15H,3-13H2,1-2H3. The van der Waals surface area contributed by atoms with Crippen molar-refractivity contribution in [2.75, 3.05) is 24.1 Å². The Balaban J connectivity index is 1.95. The van der Waals surface area contributed by atoms with Crippen LogP contribution in [0, 0.1) is 0 Å². The van der Waals surface area contributed by atoms with Crippen LogP contribution < -0.4 is 0 Å². The van der Waals surface area contributed by atoms with Crippen LogP contribution >= 0.6 is 22.6 Å². The smallest absolute Gasteiger partial charge is 0.0603 e. The van der Waals surface area contributed by atoms with E-state index in [9.17, 15) is 0 Å². The molecule has 0 aromatic heterocycles. The van der Waals surface area contributed by atoms with Crippen molar-refractivity contribution in [1.29, 1.82) is 0 Å². The van der Waals surface area contributed by atoms with Crippen molar-refractivity contribution in [2.45, 2.75) is 71.0 Å². The number of hydrogen-bond acceptors (Lipinski definition) is 2. The molecule has 3 heteroatoms. The van der Waals surface area contributed by atoms with Gasteiger partial charge in [-0.25, -0.2) is 0 Å². The number of likely N-dealkylation sites (tertiary alicyclic amines) is 1. The van der Waals surface area contributed by atoms with Gasteiger partial charge in [0.2, 0.25) is 0 Å². The van der Waals surface area contributed by atoms with E-state index in [1.807, 2.05) is 0 Å². The molecule has 0 aliphatic carbocycles. The van der Waals surface area contributed by atoms with Crippen LogP contribution in [0.2, 0.25) is 0 Å². The highest BCUT2D eigenvalue weighted by molar-refractivity contribution is 14.1. The molecule has 0 N–H and O–H groups in total. The molecule has 0 aromatic carbocycles. The first kappa shape index (κ1) is 16.7. The highest BCUT2D eigenvalue weighted by Crippen LogP contribution is 2.16. The molecule has 0 unspecified atom stereocenters. The lowest BCUT2D eigenvalue weighted by Gasteiger charge is -2.32. The molecule has 1 fully saturated rings. The van der Waals surface area contributed by atoms with Gasteiger partial charge >= 0.3 is 0 Å². The third kappa shape index (κ3) is 7.95. The molecule has 0 saturated carbocycles. The number of rotatable bonds is 9. The van der Waals surface area contributed by atoms with E-state index in [4.69, 9.17) is 4.74 Å². The quantitative estimate of drug-likeness (QED) is 0.343. The van der Waals surface area contributed by atoms with Crippen LogP contribution in [0.1, 0.15) is 58.8 Å². The van der Waals surface area contributed by atoms with Crippen molar-refractivity contribution in [2.24, 2.45) is 0 Å². The van der Waals surface area contributed by atoms with E-state index in [0.717, 1.165) is 0 Å². The van der Waals surface area contributed by atoms with E-state index in [0.29, 0.717) is 12.2 Å². The molecule has 0 spiro atoms. The van der Waals surface area contributed by atoms with Crippen molar-refractivity contribution in [3.05, 3.63) is 0 Å². The summed E-state index contributed by atoms with van der Waals surface area (Å²) in [4.78, 5) is 2.62. The Bertz CT molecular complexity index is 191. The molecule has 0 aromatic rings. The topological polar surface area (TPSA) is 12.5 Å². The van der Waals surface area contributed by atoms with Crippen LogP contribution in [0.5, 0.6) is 0 Å². The zero-order valence-corrected chi connectivity index (χ0v) is 14.3. The van der Waals surface area contributed by atoms with Gasteiger partial charge in [-0.05, 0) is 50.5 Å². The summed E-state index contributed by atoms with van der Waals surface area (Å²) in [5.41, 5.74) is 0. The fourth-order valence-corrected chi connectivity index (χ4v) is 3.15. The molecular weight excluding hydrogens is 337 g/mol. The number of ether oxygens (including phenoxy) is 1. The maximum absolute atomic E-state index is 5.88. The molecule has 0 amide bonds. The maximum atomic E-state index is 5.88. The number of piperidine rings is 1. The minimum atomic E-state index is 0.388. The molecule has 1 aliphatic rings. The molecule has 2 nitrogen and oxygen atoms in total. The van der Waals surface area contributed by atoms with Crippen LogP contribution in [0.15, 0.2) is 0 Å². The van der Waals surface area contributed by atoms with Crippen molar-refractivity contribution in [1.82, 2.24) is 4.90 Å². The molecule has 0 radical (unpaired) electrons. The van der Waals surface area contributed by atoms with Gasteiger partial charge in [-0.3, -0.25) is 0 Å². The highest BCUT2D eigenvalue weighted by atomic mass is 127. The minimum Gasteiger partial charge on any atom is -0.375 e. The SMILES string of the molecule is CC(C)OC1CCN(CCCCCCCI)CC1. The third-order valence-corrected chi connectivity index (χ3v) is 4.37. The summed E-state index contributed by atoms with van der Waals surface area (Å²) in [6, 6.07) is 0. The normalized spacial score (nSPS) is 18.7. The molecule has 1 aliphatic heterocycles. The van der Waals surface area contributed by atoms with Gasteiger partial charge in [0.1, 0.15) is 0 Å². The summed E-state index contributed by atoms with van der Waals surface area (Å²) in [5, 5.41) is 0. The number of unbranched alkanes of at least 4 members (excludes halogenated alkanes) is 4. The van der Waals surface area contributed by atoms with Crippen LogP contribution in [0.4, 0.5) is 0 Å². The molecule has 1 saturated heterocycles. The zero-order valence-electron chi connectivity index (χ0n) is 12.2. The lowest BCUT2D eigenvalue weighted by Crippen LogP contribution is -2.38. The Labute approximate surface area is 127 Å². The Morgan fingerprint density at radius 3 is 2.28 bits per heavy atom. The molecule has 0 bridgehead atoms. The van der Waals surface area contributed by atoms with Gasteiger partial charge in [-0.15, -0.1) is 0 Å². The third-order valence-electron chi connectivity index (χ3n) is 3.61. The van der Waals surface area contributed by atoms with Crippen LogP contribution in [-0.4, -0.2) is 41.2 Å². The Morgan fingerprint density at radius 2 is 1.67 bits per heavy atom. The maximum Gasteiger partial charge on any atom is 0.0603 e. The first-order valence-electron chi connectivity index (χ1n) is 7.66. The van der Waals surface area contributed by atoms with Crippen molar-refractivity contribution in [3.63, 3.8) is 0 Å². The minimum absolute atomic E-state index is 0.388. The molecule has 1 rings (SSSR count). The van der Waals surface area contributed by atoms with E-state index >= 15 is 0 Å². The van der Waals surface area contributed by atoms with Gasteiger partial charge in [0.15, 0.2) is 0 Å². The van der Waals surface area contributed by atoms with Crippen LogP contribution in [0.3, 0.4) is 0 Å². The molecule has 0 atom stereocenters. The second-order valence-corrected chi connectivity index (χ2v) is 6.76. The fraction of sp³-hybridized carbons (Fsp3) is 1.00. The summed E-state index contributed by atoms with van der Waals surface area (Å²) in [7, 11) is 0. The lowest BCUT2D eigenvalue weighted by molar-refractivity contribution is -0.0268. The average Bonchev–Trinajstić information content (AvgIpc) is 2.35. The number of hydrogen-bond donors (Lipinski definition) is 0.